The van der Waals surface area contributed by atoms with Crippen molar-refractivity contribution in [2.24, 2.45) is 7.05 Å². The van der Waals surface area contributed by atoms with Crippen molar-refractivity contribution in [3.63, 3.8) is 0 Å². The molecule has 0 saturated heterocycles. The minimum atomic E-state index is 0.345. The SMILES string of the molecule is CCNC(CCc1ccnn1C)c1cc(CC)nn1CC. The Morgan fingerprint density at radius 2 is 2.10 bits per heavy atom. The van der Waals surface area contributed by atoms with E-state index in [0.29, 0.717) is 6.04 Å². The third-order valence-corrected chi connectivity index (χ3v) is 3.94. The van der Waals surface area contributed by atoms with E-state index in [1.165, 1.54) is 17.1 Å². The average Bonchev–Trinajstić information content (AvgIpc) is 3.09. The molecule has 21 heavy (non-hydrogen) atoms. The van der Waals surface area contributed by atoms with Gasteiger partial charge in [-0.3, -0.25) is 9.36 Å². The van der Waals surface area contributed by atoms with Crippen molar-refractivity contribution in [3.8, 4) is 0 Å². The fraction of sp³-hybridized carbons (Fsp3) is 0.625. The number of aryl methyl sites for hydroxylation is 4. The third-order valence-electron chi connectivity index (χ3n) is 3.94. The van der Waals surface area contributed by atoms with Crippen LogP contribution in [-0.2, 0) is 26.4 Å². The van der Waals surface area contributed by atoms with E-state index in [1.807, 2.05) is 17.9 Å². The lowest BCUT2D eigenvalue weighted by Gasteiger charge is -2.19. The van der Waals surface area contributed by atoms with Gasteiger partial charge in [-0.1, -0.05) is 13.8 Å². The van der Waals surface area contributed by atoms with Gasteiger partial charge in [0.15, 0.2) is 0 Å². The lowest BCUT2D eigenvalue weighted by atomic mass is 10.1. The summed E-state index contributed by atoms with van der Waals surface area (Å²) in [6, 6.07) is 4.69. The Kier molecular flexibility index (Phi) is 5.56. The fourth-order valence-electron chi connectivity index (χ4n) is 2.73. The van der Waals surface area contributed by atoms with Crippen LogP contribution in [0.25, 0.3) is 0 Å². The second-order valence-electron chi connectivity index (χ2n) is 5.32. The van der Waals surface area contributed by atoms with Crippen LogP contribution in [0, 0.1) is 0 Å². The molecule has 1 atom stereocenters. The molecule has 5 nitrogen and oxygen atoms in total. The van der Waals surface area contributed by atoms with Gasteiger partial charge in [-0.05, 0) is 44.9 Å². The van der Waals surface area contributed by atoms with Crippen LogP contribution in [0.1, 0.15) is 50.3 Å². The number of aromatic nitrogens is 4. The number of rotatable bonds is 8. The van der Waals surface area contributed by atoms with Crippen LogP contribution < -0.4 is 5.32 Å². The maximum absolute atomic E-state index is 4.67. The monoisotopic (exact) mass is 289 g/mol. The first-order valence-corrected chi connectivity index (χ1v) is 7.96. The number of hydrogen-bond acceptors (Lipinski definition) is 3. The van der Waals surface area contributed by atoms with Gasteiger partial charge in [0.05, 0.1) is 11.4 Å². The van der Waals surface area contributed by atoms with Crippen LogP contribution in [0.2, 0.25) is 0 Å². The minimum Gasteiger partial charge on any atom is -0.309 e. The van der Waals surface area contributed by atoms with E-state index in [0.717, 1.165) is 32.4 Å². The maximum atomic E-state index is 4.67. The summed E-state index contributed by atoms with van der Waals surface area (Å²) in [5, 5.41) is 12.5. The van der Waals surface area contributed by atoms with Crippen molar-refractivity contribution < 1.29 is 0 Å². The lowest BCUT2D eigenvalue weighted by Crippen LogP contribution is -2.24. The number of nitrogens with zero attached hydrogens (tertiary/aromatic N) is 4. The molecule has 0 amide bonds. The van der Waals surface area contributed by atoms with Crippen molar-refractivity contribution in [1.82, 2.24) is 24.9 Å². The lowest BCUT2D eigenvalue weighted by molar-refractivity contribution is 0.461. The molecule has 1 N–H and O–H groups in total. The van der Waals surface area contributed by atoms with Crippen molar-refractivity contribution in [2.75, 3.05) is 6.54 Å². The quantitative estimate of drug-likeness (QED) is 0.812. The molecule has 0 aliphatic rings. The van der Waals surface area contributed by atoms with Crippen LogP contribution in [0.5, 0.6) is 0 Å². The Labute approximate surface area is 127 Å². The molecule has 2 heterocycles. The summed E-state index contributed by atoms with van der Waals surface area (Å²) in [5.41, 5.74) is 3.75. The third kappa shape index (κ3) is 3.73. The molecule has 0 aliphatic carbocycles. The molecule has 0 fully saturated rings. The van der Waals surface area contributed by atoms with Crippen molar-refractivity contribution >= 4 is 0 Å². The molecule has 0 aromatic carbocycles. The molecule has 1 unspecified atom stereocenters. The zero-order chi connectivity index (χ0) is 15.2. The molecular formula is C16H27N5. The van der Waals surface area contributed by atoms with E-state index >= 15 is 0 Å². The molecule has 2 rings (SSSR count). The van der Waals surface area contributed by atoms with Gasteiger partial charge in [-0.2, -0.15) is 10.2 Å². The second-order valence-corrected chi connectivity index (χ2v) is 5.32. The number of nitrogens with one attached hydrogen (secondary N) is 1. The van der Waals surface area contributed by atoms with E-state index in [2.05, 4.69) is 53.1 Å². The summed E-state index contributed by atoms with van der Waals surface area (Å²) >= 11 is 0. The zero-order valence-corrected chi connectivity index (χ0v) is 13.6. The second kappa shape index (κ2) is 7.41. The molecule has 0 spiro atoms. The van der Waals surface area contributed by atoms with Crippen molar-refractivity contribution in [3.05, 3.63) is 35.4 Å². The maximum Gasteiger partial charge on any atom is 0.0625 e. The van der Waals surface area contributed by atoms with Crippen LogP contribution in [-0.4, -0.2) is 26.1 Å². The highest BCUT2D eigenvalue weighted by molar-refractivity contribution is 5.15. The van der Waals surface area contributed by atoms with Gasteiger partial charge in [0, 0.05) is 31.5 Å². The Morgan fingerprint density at radius 3 is 2.67 bits per heavy atom. The summed E-state index contributed by atoms with van der Waals surface area (Å²) < 4.78 is 4.09. The highest BCUT2D eigenvalue weighted by atomic mass is 15.3. The van der Waals surface area contributed by atoms with Crippen LogP contribution in [0.4, 0.5) is 0 Å². The predicted octanol–water partition coefficient (Wildman–Crippen LogP) is 2.48. The number of hydrogen-bond donors (Lipinski definition) is 1. The van der Waals surface area contributed by atoms with Gasteiger partial charge in [-0.25, -0.2) is 0 Å². The van der Waals surface area contributed by atoms with E-state index in [9.17, 15) is 0 Å². The van der Waals surface area contributed by atoms with Gasteiger partial charge >= 0.3 is 0 Å². The van der Waals surface area contributed by atoms with Gasteiger partial charge in [0.25, 0.3) is 0 Å². The highest BCUT2D eigenvalue weighted by Gasteiger charge is 2.17. The zero-order valence-electron chi connectivity index (χ0n) is 13.6. The predicted molar refractivity (Wildman–Crippen MR) is 85.2 cm³/mol. The van der Waals surface area contributed by atoms with E-state index in [-0.39, 0.29) is 0 Å². The minimum absolute atomic E-state index is 0.345. The first kappa shape index (κ1) is 15.8. The van der Waals surface area contributed by atoms with Gasteiger partial charge in [0.1, 0.15) is 0 Å². The highest BCUT2D eigenvalue weighted by Crippen LogP contribution is 2.21. The van der Waals surface area contributed by atoms with Crippen LogP contribution >= 0.6 is 0 Å². The Balaban J connectivity index is 2.14. The van der Waals surface area contributed by atoms with Crippen molar-refractivity contribution in [1.29, 1.82) is 0 Å². The van der Waals surface area contributed by atoms with Gasteiger partial charge < -0.3 is 5.32 Å². The molecule has 5 heteroatoms. The van der Waals surface area contributed by atoms with Crippen LogP contribution in [0.15, 0.2) is 18.3 Å². The first-order chi connectivity index (χ1) is 10.2. The molecule has 0 radical (unpaired) electrons. The molecule has 0 saturated carbocycles. The van der Waals surface area contributed by atoms with Gasteiger partial charge in [0.2, 0.25) is 0 Å². The Bertz CT molecular complexity index is 555. The van der Waals surface area contributed by atoms with Crippen molar-refractivity contribution in [2.45, 2.75) is 52.6 Å². The molecule has 116 valence electrons. The Hall–Kier alpha value is -1.62. The summed E-state index contributed by atoms with van der Waals surface area (Å²) in [4.78, 5) is 0. The van der Waals surface area contributed by atoms with E-state index < -0.39 is 0 Å². The molecule has 2 aromatic heterocycles. The summed E-state index contributed by atoms with van der Waals surface area (Å²) in [7, 11) is 2.00. The first-order valence-electron chi connectivity index (χ1n) is 7.96. The molecule has 2 aromatic rings. The summed E-state index contributed by atoms with van der Waals surface area (Å²) in [5.74, 6) is 0. The largest absolute Gasteiger partial charge is 0.309 e. The standard InChI is InChI=1S/C16H27N5/c1-5-13-12-16(21(7-3)19-13)15(17-6-2)9-8-14-10-11-18-20(14)4/h10-12,15,17H,5-9H2,1-4H3. The molecule has 0 aliphatic heterocycles. The average molecular weight is 289 g/mol. The molecule has 0 bridgehead atoms. The van der Waals surface area contributed by atoms with E-state index in [1.54, 1.807) is 0 Å². The topological polar surface area (TPSA) is 47.7 Å². The van der Waals surface area contributed by atoms with Gasteiger partial charge in [-0.15, -0.1) is 0 Å². The normalized spacial score (nSPS) is 12.8. The van der Waals surface area contributed by atoms with E-state index in [4.69, 9.17) is 0 Å². The fourth-order valence-corrected chi connectivity index (χ4v) is 2.73. The molecular weight excluding hydrogens is 262 g/mol. The summed E-state index contributed by atoms with van der Waals surface area (Å²) in [6.07, 6.45) is 4.93. The summed E-state index contributed by atoms with van der Waals surface area (Å²) in [6.45, 7) is 8.35. The Morgan fingerprint density at radius 1 is 1.29 bits per heavy atom. The van der Waals surface area contributed by atoms with Crippen LogP contribution in [0.3, 0.4) is 0 Å². The smallest absolute Gasteiger partial charge is 0.0625 e.